The Kier molecular flexibility index (Phi) is 4.83. The summed E-state index contributed by atoms with van der Waals surface area (Å²) in [7, 11) is 2.53. The highest BCUT2D eigenvalue weighted by Gasteiger charge is 2.40. The van der Waals surface area contributed by atoms with Gasteiger partial charge in [0.1, 0.15) is 18.3 Å². The molecule has 3 heterocycles. The highest BCUT2D eigenvalue weighted by atomic mass is 16.7. The summed E-state index contributed by atoms with van der Waals surface area (Å²) in [4.78, 5) is 25.6. The normalized spacial score (nSPS) is 23.4. The first-order valence-corrected chi connectivity index (χ1v) is 9.72. The predicted molar refractivity (Wildman–Crippen MR) is 110 cm³/mol. The van der Waals surface area contributed by atoms with Gasteiger partial charge in [-0.05, 0) is 12.1 Å². The van der Waals surface area contributed by atoms with Crippen molar-refractivity contribution in [3.05, 3.63) is 33.0 Å². The van der Waals surface area contributed by atoms with Crippen LogP contribution in [0.5, 0.6) is 23.0 Å². The molecule has 0 aliphatic carbocycles. The van der Waals surface area contributed by atoms with Gasteiger partial charge in [-0.25, -0.2) is 9.59 Å². The number of phenols is 1. The van der Waals surface area contributed by atoms with Crippen LogP contribution in [0.25, 0.3) is 32.7 Å². The van der Waals surface area contributed by atoms with Crippen molar-refractivity contribution >= 4 is 32.7 Å². The van der Waals surface area contributed by atoms with Gasteiger partial charge in [-0.1, -0.05) is 0 Å². The molecule has 0 amide bonds. The monoisotopic (exact) mass is 462 g/mol. The Balaban J connectivity index is 1.85. The molecule has 2 aromatic heterocycles. The third kappa shape index (κ3) is 2.99. The second kappa shape index (κ2) is 7.49. The Morgan fingerprint density at radius 2 is 1.48 bits per heavy atom. The van der Waals surface area contributed by atoms with Crippen LogP contribution < -0.4 is 25.5 Å². The molecule has 33 heavy (non-hydrogen) atoms. The number of aliphatic hydroxyl groups excluding tert-OH is 3. The van der Waals surface area contributed by atoms with E-state index in [9.17, 15) is 30.0 Å². The van der Waals surface area contributed by atoms with Crippen molar-refractivity contribution in [3.8, 4) is 23.0 Å². The molecule has 0 bridgehead atoms. The molecule has 0 spiro atoms. The Bertz CT molecular complexity index is 1480. The zero-order chi connectivity index (χ0) is 23.6. The number of phenolic OH excluding ortho intramolecular Hbond substituents is 1. The molecular weight excluding hydrogens is 444 g/mol. The van der Waals surface area contributed by atoms with Crippen LogP contribution in [-0.2, 0) is 4.74 Å². The van der Waals surface area contributed by atoms with Crippen LogP contribution in [0.15, 0.2) is 30.6 Å². The summed E-state index contributed by atoms with van der Waals surface area (Å²) in [6, 6.07) is 2.42. The Labute approximate surface area is 183 Å². The van der Waals surface area contributed by atoms with Gasteiger partial charge in [0.2, 0.25) is 17.8 Å². The fourth-order valence-corrected chi connectivity index (χ4v) is 4.01. The summed E-state index contributed by atoms with van der Waals surface area (Å²) in [5, 5.41) is 40.3. The lowest BCUT2D eigenvalue weighted by Crippen LogP contribution is -2.54. The van der Waals surface area contributed by atoms with Crippen LogP contribution in [0.4, 0.5) is 0 Å². The Morgan fingerprint density at radius 1 is 0.879 bits per heavy atom. The Morgan fingerprint density at radius 3 is 2.09 bits per heavy atom. The average Bonchev–Trinajstić information content (AvgIpc) is 2.79. The van der Waals surface area contributed by atoms with Gasteiger partial charge >= 0.3 is 11.3 Å². The molecule has 12 heteroatoms. The lowest BCUT2D eigenvalue weighted by molar-refractivity contribution is -0.242. The van der Waals surface area contributed by atoms with Gasteiger partial charge in [-0.2, -0.15) is 0 Å². The van der Waals surface area contributed by atoms with Gasteiger partial charge in [0.15, 0.2) is 22.7 Å². The van der Waals surface area contributed by atoms with Crippen LogP contribution in [0, 0.1) is 0 Å². The molecule has 0 saturated carbocycles. The van der Waals surface area contributed by atoms with Gasteiger partial charge in [-0.3, -0.25) is 0 Å². The number of hydrogen-bond donors (Lipinski definition) is 4. The van der Waals surface area contributed by atoms with E-state index >= 15 is 0 Å². The second-order valence-corrected chi connectivity index (χ2v) is 7.49. The summed E-state index contributed by atoms with van der Waals surface area (Å²) in [5.41, 5.74) is -2.11. The minimum atomic E-state index is -1.65. The lowest BCUT2D eigenvalue weighted by atomic mass is 10.0. The van der Waals surface area contributed by atoms with Crippen LogP contribution in [-0.4, -0.2) is 65.9 Å². The first kappa shape index (κ1) is 21.3. The van der Waals surface area contributed by atoms with E-state index in [1.807, 2.05) is 0 Å². The lowest BCUT2D eigenvalue weighted by Gasteiger charge is -2.35. The van der Waals surface area contributed by atoms with Crippen LogP contribution in [0.2, 0.25) is 0 Å². The second-order valence-electron chi connectivity index (χ2n) is 7.49. The van der Waals surface area contributed by atoms with Crippen LogP contribution in [0.3, 0.4) is 0 Å². The van der Waals surface area contributed by atoms with Crippen molar-refractivity contribution in [3.63, 3.8) is 0 Å². The summed E-state index contributed by atoms with van der Waals surface area (Å²) >= 11 is 0. The van der Waals surface area contributed by atoms with Crippen LogP contribution >= 0.6 is 0 Å². The largest absolute Gasteiger partial charge is 0.504 e. The number of benzene rings is 2. The number of aromatic hydroxyl groups is 1. The summed E-state index contributed by atoms with van der Waals surface area (Å²) in [6.45, 7) is -0.332. The van der Waals surface area contributed by atoms with Crippen molar-refractivity contribution in [1.29, 1.82) is 0 Å². The molecule has 4 aromatic rings. The number of hydrogen-bond acceptors (Lipinski definition) is 12. The van der Waals surface area contributed by atoms with Crippen LogP contribution in [0.1, 0.15) is 0 Å². The SMILES string of the molecule is COc1cc2c(=O)oc3c(OC)c(O)cc4c(=O)oc(c1O[C@@H]1OC[C@@H](O)[C@H](O)[C@H]1O)c2c34. The van der Waals surface area contributed by atoms with Gasteiger partial charge in [0.05, 0.1) is 31.6 Å². The molecule has 0 radical (unpaired) electrons. The molecule has 5 rings (SSSR count). The highest BCUT2D eigenvalue weighted by Crippen LogP contribution is 2.46. The molecule has 174 valence electrons. The molecule has 12 nitrogen and oxygen atoms in total. The highest BCUT2D eigenvalue weighted by molar-refractivity contribution is 6.22. The molecule has 1 saturated heterocycles. The van der Waals surface area contributed by atoms with E-state index in [0.29, 0.717) is 0 Å². The molecule has 4 N–H and O–H groups in total. The van der Waals surface area contributed by atoms with E-state index in [2.05, 4.69) is 0 Å². The summed E-state index contributed by atoms with van der Waals surface area (Å²) < 4.78 is 32.3. The smallest absolute Gasteiger partial charge is 0.344 e. The minimum Gasteiger partial charge on any atom is -0.504 e. The topological polar surface area (TPSA) is 178 Å². The van der Waals surface area contributed by atoms with E-state index in [4.69, 9.17) is 27.8 Å². The molecule has 0 unspecified atom stereocenters. The molecular formula is C21H18O12. The first-order chi connectivity index (χ1) is 15.8. The van der Waals surface area contributed by atoms with Gasteiger partial charge < -0.3 is 48.2 Å². The maximum atomic E-state index is 12.8. The maximum absolute atomic E-state index is 12.8. The molecule has 2 aromatic carbocycles. The third-order valence-electron chi connectivity index (χ3n) is 5.61. The number of ether oxygens (including phenoxy) is 4. The van der Waals surface area contributed by atoms with Crippen molar-refractivity contribution in [2.24, 2.45) is 0 Å². The van der Waals surface area contributed by atoms with Crippen molar-refractivity contribution in [1.82, 2.24) is 0 Å². The molecule has 1 aliphatic heterocycles. The standard InChI is InChI=1S/C21H18O12/c1-28-10-4-7-12-11-6(3-8(22)15(29-2)17(11)31-20(7)27)19(26)32-18(12)16(10)33-21-14(25)13(24)9(23)5-30-21/h3-4,9,13-14,21-25H,5H2,1-2H3/t9-,13+,14-,21+/m1/s1. The molecule has 4 atom stereocenters. The third-order valence-corrected chi connectivity index (χ3v) is 5.61. The van der Waals surface area contributed by atoms with Crippen molar-refractivity contribution in [2.45, 2.75) is 24.6 Å². The molecule has 1 fully saturated rings. The Hall–Kier alpha value is -3.58. The predicted octanol–water partition coefficient (Wildman–Crippen LogP) is 0.0310. The van der Waals surface area contributed by atoms with Crippen molar-refractivity contribution < 1.29 is 48.2 Å². The van der Waals surface area contributed by atoms with Crippen molar-refractivity contribution in [2.75, 3.05) is 20.8 Å². The summed E-state index contributed by atoms with van der Waals surface area (Å²) in [6.07, 6.45) is -5.99. The van der Waals surface area contributed by atoms with E-state index < -0.39 is 41.6 Å². The summed E-state index contributed by atoms with van der Waals surface area (Å²) in [5.74, 6) is -0.841. The fraction of sp³-hybridized carbons (Fsp3) is 0.333. The first-order valence-electron chi connectivity index (χ1n) is 9.72. The molecule has 1 aliphatic rings. The fourth-order valence-electron chi connectivity index (χ4n) is 4.01. The number of rotatable bonds is 4. The minimum absolute atomic E-state index is 0.0104. The van der Waals surface area contributed by atoms with Gasteiger partial charge in [-0.15, -0.1) is 0 Å². The zero-order valence-corrected chi connectivity index (χ0v) is 17.2. The average molecular weight is 462 g/mol. The number of methoxy groups -OCH3 is 2. The maximum Gasteiger partial charge on any atom is 0.344 e. The van der Waals surface area contributed by atoms with Gasteiger partial charge in [0, 0.05) is 10.8 Å². The van der Waals surface area contributed by atoms with E-state index in [-0.39, 0.29) is 56.6 Å². The zero-order valence-electron chi connectivity index (χ0n) is 17.2. The van der Waals surface area contributed by atoms with Gasteiger partial charge in [0.25, 0.3) is 0 Å². The van der Waals surface area contributed by atoms with E-state index in [1.54, 1.807) is 0 Å². The van der Waals surface area contributed by atoms with E-state index in [1.165, 1.54) is 20.3 Å². The quantitative estimate of drug-likeness (QED) is 0.237. The number of aliphatic hydroxyl groups is 3. The van der Waals surface area contributed by atoms with E-state index in [0.717, 1.165) is 6.07 Å².